The van der Waals surface area contributed by atoms with Crippen LogP contribution in [0.5, 0.6) is 0 Å². The first kappa shape index (κ1) is 13.8. The molecular weight excluding hydrogens is 262 g/mol. The van der Waals surface area contributed by atoms with Crippen LogP contribution in [-0.2, 0) is 23.0 Å². The molecule has 0 fully saturated rings. The van der Waals surface area contributed by atoms with E-state index in [1.165, 1.54) is 12.4 Å². The van der Waals surface area contributed by atoms with Crippen LogP contribution >= 0.6 is 0 Å². The van der Waals surface area contributed by atoms with Crippen LogP contribution in [0.25, 0.3) is 0 Å². The van der Waals surface area contributed by atoms with E-state index in [0.717, 1.165) is 5.56 Å². The summed E-state index contributed by atoms with van der Waals surface area (Å²) in [5, 5.41) is 3.96. The number of aromatic nitrogens is 2. The van der Waals surface area contributed by atoms with Crippen molar-refractivity contribution in [2.45, 2.75) is 24.8 Å². The van der Waals surface area contributed by atoms with Crippen LogP contribution in [0.3, 0.4) is 0 Å². The maximum absolute atomic E-state index is 12.0. The van der Waals surface area contributed by atoms with Crippen LogP contribution in [0.2, 0.25) is 0 Å². The summed E-state index contributed by atoms with van der Waals surface area (Å²) in [5.41, 5.74) is 1.11. The standard InChI is InChI=1S/C13H17N3O2S/c1-2-16-11-13(10-14-16)19(17,18)15-9-8-12-6-4-3-5-7-12/h3-7,10-11,15H,2,8-9H2,1H3. The Morgan fingerprint density at radius 3 is 2.63 bits per heavy atom. The maximum Gasteiger partial charge on any atom is 0.243 e. The van der Waals surface area contributed by atoms with Gasteiger partial charge < -0.3 is 0 Å². The highest BCUT2D eigenvalue weighted by molar-refractivity contribution is 7.89. The normalized spacial score (nSPS) is 11.6. The van der Waals surface area contributed by atoms with Gasteiger partial charge in [0, 0.05) is 19.3 Å². The molecule has 0 bridgehead atoms. The number of hydrogen-bond acceptors (Lipinski definition) is 3. The van der Waals surface area contributed by atoms with Crippen molar-refractivity contribution < 1.29 is 8.42 Å². The zero-order valence-electron chi connectivity index (χ0n) is 10.8. The minimum Gasteiger partial charge on any atom is -0.272 e. The fourth-order valence-corrected chi connectivity index (χ4v) is 2.70. The van der Waals surface area contributed by atoms with E-state index in [4.69, 9.17) is 0 Å². The Morgan fingerprint density at radius 2 is 2.00 bits per heavy atom. The summed E-state index contributed by atoms with van der Waals surface area (Å²) in [6, 6.07) is 9.77. The van der Waals surface area contributed by atoms with Crippen molar-refractivity contribution in [2.75, 3.05) is 6.54 Å². The van der Waals surface area contributed by atoms with E-state index in [-0.39, 0.29) is 4.90 Å². The van der Waals surface area contributed by atoms with Crippen LogP contribution in [0, 0.1) is 0 Å². The molecule has 0 radical (unpaired) electrons. The second-order valence-corrected chi connectivity index (χ2v) is 5.93. The maximum atomic E-state index is 12.0. The van der Waals surface area contributed by atoms with Crippen LogP contribution < -0.4 is 4.72 Å². The number of hydrogen-bond donors (Lipinski definition) is 1. The van der Waals surface area contributed by atoms with Crippen molar-refractivity contribution >= 4 is 10.0 Å². The van der Waals surface area contributed by atoms with E-state index in [1.807, 2.05) is 37.3 Å². The SMILES string of the molecule is CCn1cc(S(=O)(=O)NCCc2ccccc2)cn1. The van der Waals surface area contributed by atoms with Crippen molar-refractivity contribution in [3.8, 4) is 0 Å². The molecule has 1 heterocycles. The number of rotatable bonds is 6. The lowest BCUT2D eigenvalue weighted by molar-refractivity contribution is 0.581. The Hall–Kier alpha value is -1.66. The van der Waals surface area contributed by atoms with Crippen molar-refractivity contribution in [1.29, 1.82) is 0 Å². The van der Waals surface area contributed by atoms with Gasteiger partial charge in [-0.3, -0.25) is 4.68 Å². The van der Waals surface area contributed by atoms with Gasteiger partial charge in [-0.2, -0.15) is 5.10 Å². The van der Waals surface area contributed by atoms with Gasteiger partial charge in [0.1, 0.15) is 4.90 Å². The Balaban J connectivity index is 1.94. The number of nitrogens with zero attached hydrogens (tertiary/aromatic N) is 2. The highest BCUT2D eigenvalue weighted by atomic mass is 32.2. The molecule has 0 aliphatic heterocycles. The predicted octanol–water partition coefficient (Wildman–Crippen LogP) is 1.42. The highest BCUT2D eigenvalue weighted by Crippen LogP contribution is 2.07. The summed E-state index contributed by atoms with van der Waals surface area (Å²) in [6.45, 7) is 2.94. The van der Waals surface area contributed by atoms with E-state index in [9.17, 15) is 8.42 Å². The minimum atomic E-state index is -3.45. The molecule has 1 aromatic heterocycles. The van der Waals surface area contributed by atoms with Crippen LogP contribution in [0.1, 0.15) is 12.5 Å². The molecule has 0 aliphatic carbocycles. The topological polar surface area (TPSA) is 64.0 Å². The summed E-state index contributed by atoms with van der Waals surface area (Å²) in [6.07, 6.45) is 3.57. The molecule has 2 rings (SSSR count). The monoisotopic (exact) mass is 279 g/mol. The number of nitrogens with one attached hydrogen (secondary N) is 1. The molecule has 1 N–H and O–H groups in total. The Morgan fingerprint density at radius 1 is 1.26 bits per heavy atom. The molecule has 0 unspecified atom stereocenters. The average molecular weight is 279 g/mol. The van der Waals surface area contributed by atoms with Crippen LogP contribution in [0.15, 0.2) is 47.6 Å². The first-order chi connectivity index (χ1) is 9.12. The van der Waals surface area contributed by atoms with Gasteiger partial charge in [0.05, 0.1) is 6.20 Å². The van der Waals surface area contributed by atoms with Crippen molar-refractivity contribution in [3.63, 3.8) is 0 Å². The number of sulfonamides is 1. The van der Waals surface area contributed by atoms with Crippen molar-refractivity contribution in [1.82, 2.24) is 14.5 Å². The molecule has 1 aromatic carbocycles. The molecule has 19 heavy (non-hydrogen) atoms. The average Bonchev–Trinajstić information content (AvgIpc) is 2.89. The minimum absolute atomic E-state index is 0.211. The first-order valence-corrected chi connectivity index (χ1v) is 7.66. The van der Waals surface area contributed by atoms with Crippen LogP contribution in [0.4, 0.5) is 0 Å². The third-order valence-electron chi connectivity index (χ3n) is 2.79. The summed E-state index contributed by atoms with van der Waals surface area (Å²) in [7, 11) is -3.45. The second kappa shape index (κ2) is 5.99. The van der Waals surface area contributed by atoms with E-state index >= 15 is 0 Å². The molecule has 6 heteroatoms. The molecule has 2 aromatic rings. The van der Waals surface area contributed by atoms with Crippen molar-refractivity contribution in [3.05, 3.63) is 48.3 Å². The first-order valence-electron chi connectivity index (χ1n) is 6.18. The van der Waals surface area contributed by atoms with E-state index in [0.29, 0.717) is 19.5 Å². The van der Waals surface area contributed by atoms with E-state index < -0.39 is 10.0 Å². The molecule has 0 saturated carbocycles. The quantitative estimate of drug-likeness (QED) is 0.870. The Kier molecular flexibility index (Phi) is 4.34. The van der Waals surface area contributed by atoms with Gasteiger partial charge in [-0.1, -0.05) is 30.3 Å². The molecule has 0 saturated heterocycles. The molecule has 102 valence electrons. The van der Waals surface area contributed by atoms with Gasteiger partial charge in [-0.05, 0) is 18.9 Å². The Bertz CT molecular complexity index is 620. The lowest BCUT2D eigenvalue weighted by atomic mass is 10.2. The molecule has 0 atom stereocenters. The number of aryl methyl sites for hydroxylation is 1. The molecule has 5 nitrogen and oxygen atoms in total. The van der Waals surface area contributed by atoms with Gasteiger partial charge in [-0.15, -0.1) is 0 Å². The lowest BCUT2D eigenvalue weighted by Crippen LogP contribution is -2.25. The third kappa shape index (κ3) is 3.65. The van der Waals surface area contributed by atoms with E-state index in [1.54, 1.807) is 4.68 Å². The fraction of sp³-hybridized carbons (Fsp3) is 0.308. The molecular formula is C13H17N3O2S. The molecule has 0 spiro atoms. The van der Waals surface area contributed by atoms with Gasteiger partial charge in [0.2, 0.25) is 10.0 Å². The molecule has 0 amide bonds. The molecule has 0 aliphatic rings. The zero-order chi connectivity index (χ0) is 13.7. The number of benzene rings is 1. The van der Waals surface area contributed by atoms with Gasteiger partial charge >= 0.3 is 0 Å². The third-order valence-corrected chi connectivity index (χ3v) is 4.21. The lowest BCUT2D eigenvalue weighted by Gasteiger charge is -2.04. The summed E-state index contributed by atoms with van der Waals surface area (Å²) in [5.74, 6) is 0. The Labute approximate surface area is 113 Å². The van der Waals surface area contributed by atoms with Crippen LogP contribution in [-0.4, -0.2) is 24.7 Å². The second-order valence-electron chi connectivity index (χ2n) is 4.17. The summed E-state index contributed by atoms with van der Waals surface area (Å²) in [4.78, 5) is 0.211. The summed E-state index contributed by atoms with van der Waals surface area (Å²) < 4.78 is 28.1. The smallest absolute Gasteiger partial charge is 0.243 e. The predicted molar refractivity (Wildman–Crippen MR) is 73.2 cm³/mol. The van der Waals surface area contributed by atoms with Gasteiger partial charge in [-0.25, -0.2) is 13.1 Å². The zero-order valence-corrected chi connectivity index (χ0v) is 11.6. The fourth-order valence-electron chi connectivity index (χ4n) is 1.71. The van der Waals surface area contributed by atoms with Crippen molar-refractivity contribution in [2.24, 2.45) is 0 Å². The summed E-state index contributed by atoms with van der Waals surface area (Å²) >= 11 is 0. The van der Waals surface area contributed by atoms with Gasteiger partial charge in [0.25, 0.3) is 0 Å². The van der Waals surface area contributed by atoms with E-state index in [2.05, 4.69) is 9.82 Å². The highest BCUT2D eigenvalue weighted by Gasteiger charge is 2.15. The van der Waals surface area contributed by atoms with Gasteiger partial charge in [0.15, 0.2) is 0 Å². The largest absolute Gasteiger partial charge is 0.272 e.